The molecule has 1 N–H and O–H groups in total. The van der Waals surface area contributed by atoms with Crippen LogP contribution in [0.1, 0.15) is 122 Å². The molecule has 5 heteroatoms. The fraction of sp³-hybridized carbons (Fsp3) is 0.771. The number of esters is 2. The van der Waals surface area contributed by atoms with E-state index in [9.17, 15) is 14.7 Å². The van der Waals surface area contributed by atoms with Crippen molar-refractivity contribution in [2.24, 2.45) is 33.5 Å². The van der Waals surface area contributed by atoms with Gasteiger partial charge in [0.1, 0.15) is 0 Å². The number of carbonyl (C=O) groups is 2. The fourth-order valence-electron chi connectivity index (χ4n) is 5.66. The Bertz CT molecular complexity index is 859. The van der Waals surface area contributed by atoms with E-state index in [0.717, 1.165) is 32.1 Å². The van der Waals surface area contributed by atoms with E-state index in [1.807, 2.05) is 6.92 Å². The molecule has 0 amide bonds. The quantitative estimate of drug-likeness (QED) is 0.0967. The maximum atomic E-state index is 11.6. The number of ether oxygens (including phenoxy) is 2. The number of hydrogen-bond acceptors (Lipinski definition) is 5. The van der Waals surface area contributed by atoms with E-state index in [0.29, 0.717) is 18.9 Å². The van der Waals surface area contributed by atoms with Gasteiger partial charge in [-0.1, -0.05) is 94.0 Å². The predicted octanol–water partition coefficient (Wildman–Crippen LogP) is 8.86. The van der Waals surface area contributed by atoms with Crippen LogP contribution in [0.2, 0.25) is 0 Å². The van der Waals surface area contributed by atoms with E-state index in [4.69, 9.17) is 9.47 Å². The lowest BCUT2D eigenvalue weighted by Crippen LogP contribution is -2.40. The predicted molar refractivity (Wildman–Crippen MR) is 168 cm³/mol. The lowest BCUT2D eigenvalue weighted by molar-refractivity contribution is -0.143. The SMILES string of the molecule is C=CC(=O)OCCC(C)(C)CC(C)=CCC(C)(C)C(C)(C)CC(O)C(CC(C)(C)CC(C)OC(=O)C=C)C(C)C. The molecule has 232 valence electrons. The van der Waals surface area contributed by atoms with E-state index in [2.05, 4.69) is 95.4 Å². The Kier molecular flexibility index (Phi) is 15.2. The Morgan fingerprint density at radius 1 is 0.825 bits per heavy atom. The van der Waals surface area contributed by atoms with Crippen LogP contribution in [-0.4, -0.2) is 35.9 Å². The molecule has 5 nitrogen and oxygen atoms in total. The molecule has 40 heavy (non-hydrogen) atoms. The van der Waals surface area contributed by atoms with Gasteiger partial charge in [0.15, 0.2) is 0 Å². The average molecular weight is 563 g/mol. The number of carbonyl (C=O) groups excluding carboxylic acids is 2. The summed E-state index contributed by atoms with van der Waals surface area (Å²) in [7, 11) is 0. The Hall–Kier alpha value is -1.88. The summed E-state index contributed by atoms with van der Waals surface area (Å²) in [5.74, 6) is -0.300. The molecule has 0 aromatic carbocycles. The highest BCUT2D eigenvalue weighted by molar-refractivity contribution is 5.81. The largest absolute Gasteiger partial charge is 0.463 e. The summed E-state index contributed by atoms with van der Waals surface area (Å²) in [6.07, 6.45) is 9.07. The number of aliphatic hydroxyl groups is 1. The second-order valence-corrected chi connectivity index (χ2v) is 15.2. The highest BCUT2D eigenvalue weighted by Crippen LogP contribution is 2.48. The van der Waals surface area contributed by atoms with E-state index >= 15 is 0 Å². The first-order chi connectivity index (χ1) is 18.1. The number of allylic oxidation sites excluding steroid dienone is 2. The van der Waals surface area contributed by atoms with Gasteiger partial charge < -0.3 is 14.6 Å². The first-order valence-corrected chi connectivity index (χ1v) is 15.0. The molecule has 0 heterocycles. The molecule has 0 spiro atoms. The van der Waals surface area contributed by atoms with Crippen LogP contribution in [0.5, 0.6) is 0 Å². The lowest BCUT2D eigenvalue weighted by atomic mass is 9.61. The van der Waals surface area contributed by atoms with E-state index < -0.39 is 12.1 Å². The minimum atomic E-state index is -0.429. The molecule has 0 saturated carbocycles. The molecule has 0 aliphatic rings. The molecule has 3 atom stereocenters. The van der Waals surface area contributed by atoms with Gasteiger partial charge in [0.05, 0.1) is 18.8 Å². The fourth-order valence-corrected chi connectivity index (χ4v) is 5.66. The smallest absolute Gasteiger partial charge is 0.330 e. The van der Waals surface area contributed by atoms with Crippen LogP contribution < -0.4 is 0 Å². The molecule has 0 fully saturated rings. The lowest BCUT2D eigenvalue weighted by Gasteiger charge is -2.45. The third kappa shape index (κ3) is 14.1. The standard InChI is InChI=1S/C35H62O5/c1-15-30(37)39-20-19-32(7,8)21-26(5)17-18-34(11,12)35(13,14)24-29(36)28(25(3)4)23-33(9,10)22-27(6)40-31(38)16-2/h15-17,25,27-29,36H,1-2,18-24H2,3-14H3. The maximum absolute atomic E-state index is 11.6. The minimum absolute atomic E-state index is 0.0245. The van der Waals surface area contributed by atoms with E-state index in [1.54, 1.807) is 0 Å². The third-order valence-electron chi connectivity index (χ3n) is 8.92. The summed E-state index contributed by atoms with van der Waals surface area (Å²) >= 11 is 0. The summed E-state index contributed by atoms with van der Waals surface area (Å²) in [6.45, 7) is 33.8. The van der Waals surface area contributed by atoms with E-state index in [-0.39, 0.29) is 39.7 Å². The third-order valence-corrected chi connectivity index (χ3v) is 8.92. The number of rotatable bonds is 19. The Morgan fingerprint density at radius 3 is 1.88 bits per heavy atom. The molecule has 3 unspecified atom stereocenters. The average Bonchev–Trinajstić information content (AvgIpc) is 2.79. The van der Waals surface area contributed by atoms with Crippen molar-refractivity contribution in [1.29, 1.82) is 0 Å². The zero-order valence-corrected chi connectivity index (χ0v) is 28.0. The topological polar surface area (TPSA) is 72.8 Å². The summed E-state index contributed by atoms with van der Waals surface area (Å²) in [4.78, 5) is 23.0. The summed E-state index contributed by atoms with van der Waals surface area (Å²) < 4.78 is 10.6. The van der Waals surface area contributed by atoms with Crippen molar-refractivity contribution < 1.29 is 24.2 Å². The van der Waals surface area contributed by atoms with Crippen molar-refractivity contribution in [1.82, 2.24) is 0 Å². The molecule has 0 saturated heterocycles. The van der Waals surface area contributed by atoms with Crippen LogP contribution in [0.3, 0.4) is 0 Å². The van der Waals surface area contributed by atoms with Crippen molar-refractivity contribution in [2.75, 3.05) is 6.61 Å². The van der Waals surface area contributed by atoms with Gasteiger partial charge in [-0.3, -0.25) is 0 Å². The van der Waals surface area contributed by atoms with Gasteiger partial charge in [0.25, 0.3) is 0 Å². The van der Waals surface area contributed by atoms with Crippen LogP contribution in [0, 0.1) is 33.5 Å². The molecule has 0 aromatic rings. The summed E-state index contributed by atoms with van der Waals surface area (Å²) in [5.41, 5.74) is 1.15. The van der Waals surface area contributed by atoms with Gasteiger partial charge in [-0.2, -0.15) is 0 Å². The molecular formula is C35H62O5. The van der Waals surface area contributed by atoms with Gasteiger partial charge in [-0.15, -0.1) is 0 Å². The first-order valence-electron chi connectivity index (χ1n) is 15.0. The molecular weight excluding hydrogens is 500 g/mol. The van der Waals surface area contributed by atoms with Gasteiger partial charge in [0.2, 0.25) is 0 Å². The van der Waals surface area contributed by atoms with Gasteiger partial charge in [0, 0.05) is 12.2 Å². The van der Waals surface area contributed by atoms with Crippen molar-refractivity contribution in [3.05, 3.63) is 37.0 Å². The van der Waals surface area contributed by atoms with Crippen molar-refractivity contribution >= 4 is 11.9 Å². The summed E-state index contributed by atoms with van der Waals surface area (Å²) in [5, 5.41) is 11.6. The van der Waals surface area contributed by atoms with Crippen LogP contribution in [0.15, 0.2) is 37.0 Å². The molecule has 0 rings (SSSR count). The zero-order chi connectivity index (χ0) is 31.5. The first kappa shape index (κ1) is 38.1. The maximum Gasteiger partial charge on any atom is 0.330 e. The second kappa shape index (κ2) is 15.9. The normalized spacial score (nSPS) is 15.8. The van der Waals surface area contributed by atoms with Crippen molar-refractivity contribution in [3.8, 4) is 0 Å². The summed E-state index contributed by atoms with van der Waals surface area (Å²) in [6, 6.07) is 0. The minimum Gasteiger partial charge on any atom is -0.463 e. The zero-order valence-electron chi connectivity index (χ0n) is 28.0. The Morgan fingerprint density at radius 2 is 1.38 bits per heavy atom. The monoisotopic (exact) mass is 562 g/mol. The molecule has 0 bridgehead atoms. The van der Waals surface area contributed by atoms with Crippen LogP contribution in [-0.2, 0) is 19.1 Å². The Labute approximate surface area is 246 Å². The Balaban J connectivity index is 5.34. The molecule has 0 aromatic heterocycles. The molecule has 0 aliphatic heterocycles. The van der Waals surface area contributed by atoms with Crippen LogP contribution in [0.4, 0.5) is 0 Å². The molecule has 0 aliphatic carbocycles. The van der Waals surface area contributed by atoms with Gasteiger partial charge in [-0.25, -0.2) is 9.59 Å². The van der Waals surface area contributed by atoms with Crippen LogP contribution in [0.25, 0.3) is 0 Å². The van der Waals surface area contributed by atoms with Crippen LogP contribution >= 0.6 is 0 Å². The number of aliphatic hydroxyl groups excluding tert-OH is 1. The molecule has 0 radical (unpaired) electrons. The number of hydrogen-bond donors (Lipinski definition) is 1. The van der Waals surface area contributed by atoms with Gasteiger partial charge in [-0.05, 0) is 85.9 Å². The van der Waals surface area contributed by atoms with Crippen molar-refractivity contribution in [2.45, 2.75) is 134 Å². The van der Waals surface area contributed by atoms with E-state index in [1.165, 1.54) is 17.7 Å². The second-order valence-electron chi connectivity index (χ2n) is 15.2. The highest BCUT2D eigenvalue weighted by atomic mass is 16.5. The van der Waals surface area contributed by atoms with Crippen molar-refractivity contribution in [3.63, 3.8) is 0 Å². The highest BCUT2D eigenvalue weighted by Gasteiger charge is 2.41. The van der Waals surface area contributed by atoms with Gasteiger partial charge >= 0.3 is 11.9 Å².